The van der Waals surface area contributed by atoms with Gasteiger partial charge in [-0.2, -0.15) is 13.2 Å². The second-order valence-corrected chi connectivity index (χ2v) is 5.59. The number of hydrogen-bond donors (Lipinski definition) is 1. The average Bonchev–Trinajstić information content (AvgIpc) is 2.85. The first-order valence-corrected chi connectivity index (χ1v) is 7.07. The second-order valence-electron chi connectivity index (χ2n) is 5.59. The number of hydrogen-bond acceptors (Lipinski definition) is 3. The largest absolute Gasteiger partial charge is 0.419 e. The molecule has 0 amide bonds. The lowest BCUT2D eigenvalue weighted by molar-refractivity contribution is -0.137. The molecule has 20 heavy (non-hydrogen) atoms. The van der Waals surface area contributed by atoms with E-state index in [1.807, 2.05) is 0 Å². The zero-order valence-electron chi connectivity index (χ0n) is 11.2. The zero-order chi connectivity index (χ0) is 14.2. The van der Waals surface area contributed by atoms with E-state index < -0.39 is 11.7 Å². The SMILES string of the molecule is FC(F)(F)c1cccnc1NC1CCN2CCCC2C1. The molecule has 1 aromatic heterocycles. The molecule has 1 N–H and O–H groups in total. The van der Waals surface area contributed by atoms with Crippen LogP contribution in [0.1, 0.15) is 31.2 Å². The molecule has 0 aromatic carbocycles. The van der Waals surface area contributed by atoms with Crippen LogP contribution >= 0.6 is 0 Å². The minimum Gasteiger partial charge on any atom is -0.367 e. The average molecular weight is 285 g/mol. The van der Waals surface area contributed by atoms with Crippen molar-refractivity contribution >= 4 is 5.82 Å². The van der Waals surface area contributed by atoms with Gasteiger partial charge in [0.2, 0.25) is 0 Å². The van der Waals surface area contributed by atoms with E-state index in [9.17, 15) is 13.2 Å². The van der Waals surface area contributed by atoms with Gasteiger partial charge in [0.25, 0.3) is 0 Å². The van der Waals surface area contributed by atoms with Crippen molar-refractivity contribution in [3.8, 4) is 0 Å². The van der Waals surface area contributed by atoms with Crippen LogP contribution in [-0.2, 0) is 6.18 Å². The lowest BCUT2D eigenvalue weighted by Gasteiger charge is -2.35. The Morgan fingerprint density at radius 3 is 2.90 bits per heavy atom. The number of rotatable bonds is 2. The van der Waals surface area contributed by atoms with Crippen molar-refractivity contribution in [1.82, 2.24) is 9.88 Å². The van der Waals surface area contributed by atoms with Crippen LogP contribution in [0, 0.1) is 0 Å². The molecule has 2 saturated heterocycles. The van der Waals surface area contributed by atoms with Crippen LogP contribution < -0.4 is 5.32 Å². The molecular weight excluding hydrogens is 267 g/mol. The van der Waals surface area contributed by atoms with Gasteiger partial charge in [0, 0.05) is 24.8 Å². The van der Waals surface area contributed by atoms with Crippen LogP contribution in [0.2, 0.25) is 0 Å². The summed E-state index contributed by atoms with van der Waals surface area (Å²) in [6, 6.07) is 3.03. The van der Waals surface area contributed by atoms with Crippen LogP contribution in [-0.4, -0.2) is 35.1 Å². The van der Waals surface area contributed by atoms with Crippen LogP contribution in [0.25, 0.3) is 0 Å². The van der Waals surface area contributed by atoms with E-state index in [-0.39, 0.29) is 11.9 Å². The van der Waals surface area contributed by atoms with Crippen molar-refractivity contribution in [2.45, 2.75) is 43.9 Å². The summed E-state index contributed by atoms with van der Waals surface area (Å²) in [6.07, 6.45) is 1.20. The van der Waals surface area contributed by atoms with E-state index in [1.54, 1.807) is 0 Å². The zero-order valence-corrected chi connectivity index (χ0v) is 11.2. The highest BCUT2D eigenvalue weighted by Crippen LogP contribution is 2.35. The molecule has 0 aliphatic carbocycles. The van der Waals surface area contributed by atoms with E-state index in [0.29, 0.717) is 6.04 Å². The van der Waals surface area contributed by atoms with Gasteiger partial charge < -0.3 is 10.2 Å². The molecule has 2 aliphatic rings. The van der Waals surface area contributed by atoms with Crippen molar-refractivity contribution in [2.75, 3.05) is 18.4 Å². The van der Waals surface area contributed by atoms with Crippen molar-refractivity contribution in [1.29, 1.82) is 0 Å². The molecule has 2 atom stereocenters. The van der Waals surface area contributed by atoms with Crippen molar-refractivity contribution in [3.63, 3.8) is 0 Å². The van der Waals surface area contributed by atoms with Crippen molar-refractivity contribution in [3.05, 3.63) is 23.9 Å². The minimum absolute atomic E-state index is 0.0311. The molecule has 2 fully saturated rings. The Bertz CT molecular complexity index is 475. The Hall–Kier alpha value is -1.30. The molecule has 0 radical (unpaired) electrons. The van der Waals surface area contributed by atoms with E-state index >= 15 is 0 Å². The van der Waals surface area contributed by atoms with E-state index in [1.165, 1.54) is 18.7 Å². The smallest absolute Gasteiger partial charge is 0.367 e. The number of aromatic nitrogens is 1. The second kappa shape index (κ2) is 5.24. The number of nitrogens with zero attached hydrogens (tertiary/aromatic N) is 2. The Morgan fingerprint density at radius 1 is 1.25 bits per heavy atom. The number of halogens is 3. The highest BCUT2D eigenvalue weighted by molar-refractivity contribution is 5.46. The minimum atomic E-state index is -4.36. The highest BCUT2D eigenvalue weighted by Gasteiger charge is 2.36. The molecule has 0 bridgehead atoms. The lowest BCUT2D eigenvalue weighted by atomic mass is 9.97. The third-order valence-corrected chi connectivity index (χ3v) is 4.27. The summed E-state index contributed by atoms with van der Waals surface area (Å²) < 4.78 is 38.8. The van der Waals surface area contributed by atoms with Gasteiger partial charge in [-0.15, -0.1) is 0 Å². The fraction of sp³-hybridized carbons (Fsp3) is 0.643. The van der Waals surface area contributed by atoms with Crippen LogP contribution in [0.5, 0.6) is 0 Å². The van der Waals surface area contributed by atoms with E-state index in [0.717, 1.165) is 38.4 Å². The Kier molecular flexibility index (Phi) is 3.58. The summed E-state index contributed by atoms with van der Waals surface area (Å²) in [5.41, 5.74) is -0.672. The van der Waals surface area contributed by atoms with Gasteiger partial charge in [-0.25, -0.2) is 4.98 Å². The Balaban J connectivity index is 1.72. The summed E-state index contributed by atoms with van der Waals surface area (Å²) in [5.74, 6) is -0.0311. The predicted molar refractivity (Wildman–Crippen MR) is 70.5 cm³/mol. The molecule has 6 heteroatoms. The molecule has 0 saturated carbocycles. The van der Waals surface area contributed by atoms with Gasteiger partial charge in [-0.1, -0.05) is 0 Å². The highest BCUT2D eigenvalue weighted by atomic mass is 19.4. The van der Waals surface area contributed by atoms with Gasteiger partial charge >= 0.3 is 6.18 Å². The number of pyridine rings is 1. The van der Waals surface area contributed by atoms with Crippen LogP contribution in [0.15, 0.2) is 18.3 Å². The summed E-state index contributed by atoms with van der Waals surface area (Å²) >= 11 is 0. The molecule has 2 unspecified atom stereocenters. The van der Waals surface area contributed by atoms with Crippen LogP contribution in [0.3, 0.4) is 0 Å². The third kappa shape index (κ3) is 2.75. The monoisotopic (exact) mass is 285 g/mol. The quantitative estimate of drug-likeness (QED) is 0.905. The molecule has 0 spiro atoms. The van der Waals surface area contributed by atoms with Crippen molar-refractivity contribution < 1.29 is 13.2 Å². The number of piperidine rings is 1. The maximum absolute atomic E-state index is 12.9. The topological polar surface area (TPSA) is 28.2 Å². The number of nitrogens with one attached hydrogen (secondary N) is 1. The molecule has 110 valence electrons. The maximum atomic E-state index is 12.9. The fourth-order valence-electron chi connectivity index (χ4n) is 3.30. The summed E-state index contributed by atoms with van der Waals surface area (Å²) in [6.45, 7) is 2.10. The Labute approximate surface area is 116 Å². The molecule has 3 heterocycles. The van der Waals surface area contributed by atoms with Gasteiger partial charge in [0.15, 0.2) is 0 Å². The molecule has 1 aromatic rings. The number of anilines is 1. The summed E-state index contributed by atoms with van der Waals surface area (Å²) in [4.78, 5) is 6.33. The summed E-state index contributed by atoms with van der Waals surface area (Å²) in [5, 5.41) is 3.01. The molecular formula is C14H18F3N3. The number of fused-ring (bicyclic) bond motifs is 1. The Morgan fingerprint density at radius 2 is 2.10 bits per heavy atom. The normalized spacial score (nSPS) is 27.4. The lowest BCUT2D eigenvalue weighted by Crippen LogP contribution is -2.43. The maximum Gasteiger partial charge on any atom is 0.419 e. The first-order valence-electron chi connectivity index (χ1n) is 7.07. The van der Waals surface area contributed by atoms with Gasteiger partial charge in [-0.05, 0) is 44.4 Å². The first-order chi connectivity index (χ1) is 9.54. The predicted octanol–water partition coefficient (Wildman–Crippen LogP) is 3.14. The summed E-state index contributed by atoms with van der Waals surface area (Å²) in [7, 11) is 0. The van der Waals surface area contributed by atoms with Gasteiger partial charge in [-0.3, -0.25) is 0 Å². The van der Waals surface area contributed by atoms with E-state index in [4.69, 9.17) is 0 Å². The molecule has 3 nitrogen and oxygen atoms in total. The van der Waals surface area contributed by atoms with Gasteiger partial charge in [0.05, 0.1) is 5.56 Å². The van der Waals surface area contributed by atoms with E-state index in [2.05, 4.69) is 15.2 Å². The standard InChI is InChI=1S/C14H18F3N3/c15-14(16,17)12-4-1-6-18-13(12)19-10-5-8-20-7-2-3-11(20)9-10/h1,4,6,10-11H,2-3,5,7-9H2,(H,18,19). The van der Waals surface area contributed by atoms with Crippen LogP contribution in [0.4, 0.5) is 19.0 Å². The first kappa shape index (κ1) is 13.7. The molecule has 2 aliphatic heterocycles. The van der Waals surface area contributed by atoms with Gasteiger partial charge in [0.1, 0.15) is 5.82 Å². The fourth-order valence-corrected chi connectivity index (χ4v) is 3.30. The number of alkyl halides is 3. The van der Waals surface area contributed by atoms with Crippen molar-refractivity contribution in [2.24, 2.45) is 0 Å². The third-order valence-electron chi connectivity index (χ3n) is 4.27. The molecule has 3 rings (SSSR count).